The Balaban J connectivity index is 1.51. The number of nitro groups is 1. The zero-order chi connectivity index (χ0) is 21.8. The van der Waals surface area contributed by atoms with Crippen LogP contribution in [0.5, 0.6) is 0 Å². The summed E-state index contributed by atoms with van der Waals surface area (Å²) in [7, 11) is 0. The number of Topliss-reactive ketones (excluding diaryl/α,β-unsaturated/α-hetero) is 1. The first-order valence-corrected chi connectivity index (χ1v) is 9.44. The summed E-state index contributed by atoms with van der Waals surface area (Å²) in [5.74, 6) is 0.936. The van der Waals surface area contributed by atoms with Crippen molar-refractivity contribution in [3.63, 3.8) is 0 Å². The number of aryl methyl sites for hydroxylation is 1. The Kier molecular flexibility index (Phi) is 5.52. The first-order valence-electron chi connectivity index (χ1n) is 9.44. The highest BCUT2D eigenvalue weighted by molar-refractivity contribution is 5.94. The smallest absolute Gasteiger partial charge is 0.343 e. The molecule has 10 nitrogen and oxygen atoms in total. The van der Waals surface area contributed by atoms with Gasteiger partial charge in [0.2, 0.25) is 5.82 Å². The molecule has 10 heteroatoms. The van der Waals surface area contributed by atoms with Crippen molar-refractivity contribution in [3.05, 3.63) is 82.3 Å². The van der Waals surface area contributed by atoms with Gasteiger partial charge in [-0.05, 0) is 30.1 Å². The van der Waals surface area contributed by atoms with Crippen LogP contribution in [0, 0.1) is 10.1 Å². The Morgan fingerprint density at radius 2 is 2.00 bits per heavy atom. The number of nitrogens with zero attached hydrogens (tertiary/aromatic N) is 6. The SMILES string of the molecule is CC(=O)c1ccc(-c2cn(CCn3c([N+](=O)[O-])cnc3/C=C/c3ccco3)nn2)cc1. The molecule has 0 amide bonds. The van der Waals surface area contributed by atoms with Crippen molar-refractivity contribution in [2.24, 2.45) is 0 Å². The third-order valence-electron chi connectivity index (χ3n) is 4.67. The summed E-state index contributed by atoms with van der Waals surface area (Å²) in [6, 6.07) is 10.6. The average molecular weight is 418 g/mol. The van der Waals surface area contributed by atoms with Gasteiger partial charge < -0.3 is 14.5 Å². The molecular weight excluding hydrogens is 400 g/mol. The molecule has 0 bridgehead atoms. The number of hydrogen-bond donors (Lipinski definition) is 0. The number of hydrogen-bond acceptors (Lipinski definition) is 7. The molecule has 3 heterocycles. The van der Waals surface area contributed by atoms with E-state index in [0.717, 1.165) is 5.56 Å². The zero-order valence-electron chi connectivity index (χ0n) is 16.6. The molecule has 4 rings (SSSR count). The van der Waals surface area contributed by atoms with Crippen molar-refractivity contribution in [1.82, 2.24) is 24.5 Å². The van der Waals surface area contributed by atoms with E-state index in [2.05, 4.69) is 15.3 Å². The third kappa shape index (κ3) is 4.47. The molecule has 3 aromatic heterocycles. The number of benzene rings is 1. The second kappa shape index (κ2) is 8.57. The van der Waals surface area contributed by atoms with Crippen LogP contribution in [0.3, 0.4) is 0 Å². The standard InChI is InChI=1S/C21H18N6O4/c1-15(28)16-4-6-17(7-5-16)19-14-25(24-23-19)10-11-26-20(22-13-21(26)27(29)30)9-8-18-3-2-12-31-18/h2-9,12-14H,10-11H2,1H3/b9-8+. The Hall–Kier alpha value is -4.34. The van der Waals surface area contributed by atoms with E-state index in [1.54, 1.807) is 53.6 Å². The molecule has 0 aliphatic carbocycles. The molecule has 156 valence electrons. The van der Waals surface area contributed by atoms with Crippen LogP contribution in [0.1, 0.15) is 28.9 Å². The first kappa shape index (κ1) is 20.0. The number of imidazole rings is 1. The lowest BCUT2D eigenvalue weighted by atomic mass is 10.1. The maximum atomic E-state index is 11.4. The molecular formula is C21H18N6O4. The van der Waals surface area contributed by atoms with E-state index < -0.39 is 4.92 Å². The van der Waals surface area contributed by atoms with E-state index in [1.807, 2.05) is 12.1 Å². The van der Waals surface area contributed by atoms with E-state index in [-0.39, 0.29) is 18.1 Å². The molecule has 0 saturated carbocycles. The molecule has 4 aromatic rings. The van der Waals surface area contributed by atoms with Crippen molar-refractivity contribution in [2.75, 3.05) is 0 Å². The number of ketones is 1. The minimum absolute atomic E-state index is 0.00553. The molecule has 0 atom stereocenters. The van der Waals surface area contributed by atoms with Gasteiger partial charge >= 0.3 is 5.82 Å². The normalized spacial score (nSPS) is 11.3. The lowest BCUT2D eigenvalue weighted by Gasteiger charge is -2.03. The predicted molar refractivity (Wildman–Crippen MR) is 112 cm³/mol. The third-order valence-corrected chi connectivity index (χ3v) is 4.67. The van der Waals surface area contributed by atoms with Crippen LogP contribution in [-0.2, 0) is 13.1 Å². The lowest BCUT2D eigenvalue weighted by molar-refractivity contribution is -0.392. The van der Waals surface area contributed by atoms with E-state index in [0.29, 0.717) is 29.4 Å². The predicted octanol–water partition coefficient (Wildman–Crippen LogP) is 3.72. The molecule has 0 aliphatic heterocycles. The van der Waals surface area contributed by atoms with Gasteiger partial charge in [0, 0.05) is 17.2 Å². The molecule has 0 fully saturated rings. The highest BCUT2D eigenvalue weighted by Gasteiger charge is 2.19. The van der Waals surface area contributed by atoms with Crippen LogP contribution in [0.2, 0.25) is 0 Å². The number of furan rings is 1. The molecule has 0 spiro atoms. The summed E-state index contributed by atoms with van der Waals surface area (Å²) < 4.78 is 8.36. The highest BCUT2D eigenvalue weighted by Crippen LogP contribution is 2.19. The summed E-state index contributed by atoms with van der Waals surface area (Å²) in [5, 5.41) is 19.6. The Morgan fingerprint density at radius 3 is 2.68 bits per heavy atom. The molecule has 31 heavy (non-hydrogen) atoms. The quantitative estimate of drug-likeness (QED) is 0.243. The van der Waals surface area contributed by atoms with Gasteiger partial charge in [-0.3, -0.25) is 4.79 Å². The van der Waals surface area contributed by atoms with Gasteiger partial charge in [0.25, 0.3) is 0 Å². The second-order valence-electron chi connectivity index (χ2n) is 6.73. The fourth-order valence-electron chi connectivity index (χ4n) is 3.05. The monoisotopic (exact) mass is 418 g/mol. The van der Waals surface area contributed by atoms with Crippen molar-refractivity contribution < 1.29 is 14.1 Å². The number of carbonyl (C=O) groups excluding carboxylic acids is 1. The van der Waals surface area contributed by atoms with Gasteiger partial charge in [0.1, 0.15) is 24.2 Å². The fourth-order valence-corrected chi connectivity index (χ4v) is 3.05. The van der Waals surface area contributed by atoms with E-state index >= 15 is 0 Å². The molecule has 0 N–H and O–H groups in total. The molecule has 0 saturated heterocycles. The van der Waals surface area contributed by atoms with Gasteiger partial charge in [-0.15, -0.1) is 5.10 Å². The molecule has 1 aromatic carbocycles. The van der Waals surface area contributed by atoms with Crippen LogP contribution in [-0.4, -0.2) is 35.3 Å². The molecule has 0 radical (unpaired) electrons. The zero-order valence-corrected chi connectivity index (χ0v) is 16.6. The summed E-state index contributed by atoms with van der Waals surface area (Å²) in [6.07, 6.45) is 7.88. The maximum absolute atomic E-state index is 11.4. The van der Waals surface area contributed by atoms with Gasteiger partial charge in [-0.1, -0.05) is 29.5 Å². The second-order valence-corrected chi connectivity index (χ2v) is 6.73. The minimum Gasteiger partial charge on any atom is -0.465 e. The van der Waals surface area contributed by atoms with E-state index in [4.69, 9.17) is 4.42 Å². The van der Waals surface area contributed by atoms with Gasteiger partial charge in [-0.2, -0.15) is 0 Å². The number of aromatic nitrogens is 5. The van der Waals surface area contributed by atoms with Crippen LogP contribution in [0.15, 0.2) is 59.5 Å². The first-order chi connectivity index (χ1) is 15.0. The Morgan fingerprint density at radius 1 is 1.19 bits per heavy atom. The summed E-state index contributed by atoms with van der Waals surface area (Å²) >= 11 is 0. The van der Waals surface area contributed by atoms with Gasteiger partial charge in [0.15, 0.2) is 5.78 Å². The van der Waals surface area contributed by atoms with Crippen molar-refractivity contribution in [2.45, 2.75) is 20.0 Å². The molecule has 0 unspecified atom stereocenters. The summed E-state index contributed by atoms with van der Waals surface area (Å²) in [4.78, 5) is 26.5. The van der Waals surface area contributed by atoms with Crippen LogP contribution < -0.4 is 0 Å². The topological polar surface area (TPSA) is 122 Å². The number of rotatable bonds is 8. The fraction of sp³-hybridized carbons (Fsp3) is 0.143. The summed E-state index contributed by atoms with van der Waals surface area (Å²) in [5.41, 5.74) is 2.10. The van der Waals surface area contributed by atoms with Gasteiger partial charge in [-0.25, -0.2) is 14.2 Å². The van der Waals surface area contributed by atoms with Crippen molar-refractivity contribution >= 4 is 23.8 Å². The van der Waals surface area contributed by atoms with Crippen molar-refractivity contribution in [1.29, 1.82) is 0 Å². The summed E-state index contributed by atoms with van der Waals surface area (Å²) in [6.45, 7) is 2.15. The minimum atomic E-state index is -0.472. The lowest BCUT2D eigenvalue weighted by Crippen LogP contribution is -2.11. The number of carbonyl (C=O) groups is 1. The Bertz CT molecular complexity index is 1240. The van der Waals surface area contributed by atoms with Gasteiger partial charge in [0.05, 0.1) is 19.0 Å². The maximum Gasteiger partial charge on any atom is 0.343 e. The molecule has 0 aliphatic rings. The largest absolute Gasteiger partial charge is 0.465 e. The van der Waals surface area contributed by atoms with Crippen molar-refractivity contribution in [3.8, 4) is 11.3 Å². The van der Waals surface area contributed by atoms with Crippen LogP contribution >= 0.6 is 0 Å². The van der Waals surface area contributed by atoms with Crippen LogP contribution in [0.4, 0.5) is 5.82 Å². The Labute approximate surface area is 176 Å². The highest BCUT2D eigenvalue weighted by atomic mass is 16.6. The van der Waals surface area contributed by atoms with E-state index in [9.17, 15) is 14.9 Å². The van der Waals surface area contributed by atoms with E-state index in [1.165, 1.54) is 17.7 Å². The van der Waals surface area contributed by atoms with Crippen LogP contribution in [0.25, 0.3) is 23.4 Å². The average Bonchev–Trinajstić information content (AvgIpc) is 3.51.